The van der Waals surface area contributed by atoms with E-state index in [9.17, 15) is 4.79 Å². The highest BCUT2D eigenvalue weighted by Gasteiger charge is 2.05. The summed E-state index contributed by atoms with van der Waals surface area (Å²) in [5, 5.41) is 17.3. The Kier molecular flexibility index (Phi) is 3.41. The topological polar surface area (TPSA) is 73.7 Å². The van der Waals surface area contributed by atoms with Crippen molar-refractivity contribution in [2.24, 2.45) is 0 Å². The first-order chi connectivity index (χ1) is 6.65. The first-order valence-corrected chi connectivity index (χ1v) is 4.16. The highest BCUT2D eigenvalue weighted by Crippen LogP contribution is 2.08. The zero-order chi connectivity index (χ0) is 10.6. The summed E-state index contributed by atoms with van der Waals surface area (Å²) in [6.07, 6.45) is 1.30. The van der Waals surface area contributed by atoms with E-state index >= 15 is 0 Å². The molecule has 0 bridgehead atoms. The average Bonchev–Trinajstić information content (AvgIpc) is 2.18. The van der Waals surface area contributed by atoms with Crippen LogP contribution in [-0.2, 0) is 0 Å². The van der Waals surface area contributed by atoms with E-state index in [0.29, 0.717) is 12.4 Å². The molecule has 76 valence electrons. The van der Waals surface area contributed by atoms with Gasteiger partial charge in [0.05, 0.1) is 12.2 Å². The quantitative estimate of drug-likeness (QED) is 0.720. The van der Waals surface area contributed by atoms with E-state index in [4.69, 9.17) is 10.2 Å². The fourth-order valence-corrected chi connectivity index (χ4v) is 1.00. The lowest BCUT2D eigenvalue weighted by Gasteiger charge is -2.16. The molecule has 0 fully saturated rings. The highest BCUT2D eigenvalue weighted by molar-refractivity contribution is 5.87. The molecule has 1 heterocycles. The predicted molar refractivity (Wildman–Crippen MR) is 51.6 cm³/mol. The third-order valence-electron chi connectivity index (χ3n) is 1.82. The van der Waals surface area contributed by atoms with Crippen LogP contribution in [-0.4, -0.2) is 41.4 Å². The fourth-order valence-electron chi connectivity index (χ4n) is 1.00. The second-order valence-electron chi connectivity index (χ2n) is 2.86. The van der Waals surface area contributed by atoms with Crippen molar-refractivity contribution in [3.05, 3.63) is 23.9 Å². The van der Waals surface area contributed by atoms with E-state index in [1.165, 1.54) is 12.3 Å². The van der Waals surface area contributed by atoms with Gasteiger partial charge in [-0.15, -0.1) is 0 Å². The van der Waals surface area contributed by atoms with Crippen LogP contribution in [0, 0.1) is 0 Å². The normalized spacial score (nSPS) is 9.86. The molecule has 0 atom stereocenters. The lowest BCUT2D eigenvalue weighted by atomic mass is 10.3. The van der Waals surface area contributed by atoms with Gasteiger partial charge in [-0.2, -0.15) is 0 Å². The molecule has 14 heavy (non-hydrogen) atoms. The van der Waals surface area contributed by atoms with Crippen molar-refractivity contribution in [1.82, 2.24) is 4.98 Å². The Balaban J connectivity index is 2.77. The van der Waals surface area contributed by atoms with Gasteiger partial charge < -0.3 is 15.1 Å². The van der Waals surface area contributed by atoms with E-state index in [2.05, 4.69) is 4.98 Å². The van der Waals surface area contributed by atoms with Gasteiger partial charge in [0, 0.05) is 19.8 Å². The summed E-state index contributed by atoms with van der Waals surface area (Å²) in [5.74, 6) is -0.349. The maximum atomic E-state index is 10.5. The number of carboxylic acid groups (broad SMARTS) is 1. The minimum atomic E-state index is -0.992. The molecular formula is C9H12N2O3. The Labute approximate surface area is 81.6 Å². The van der Waals surface area contributed by atoms with Gasteiger partial charge in [-0.05, 0) is 12.1 Å². The van der Waals surface area contributed by atoms with Gasteiger partial charge in [-0.3, -0.25) is 0 Å². The molecule has 1 rings (SSSR count). The third kappa shape index (κ3) is 2.43. The largest absolute Gasteiger partial charge is 0.478 e. The number of anilines is 1. The van der Waals surface area contributed by atoms with Gasteiger partial charge in [0.1, 0.15) is 5.82 Å². The molecule has 0 aliphatic rings. The van der Waals surface area contributed by atoms with Crippen molar-refractivity contribution in [3.8, 4) is 0 Å². The predicted octanol–water partition coefficient (Wildman–Crippen LogP) is 0.208. The van der Waals surface area contributed by atoms with E-state index in [1.807, 2.05) is 0 Å². The summed E-state index contributed by atoms with van der Waals surface area (Å²) in [6, 6.07) is 3.09. The Morgan fingerprint density at radius 2 is 2.29 bits per heavy atom. The van der Waals surface area contributed by atoms with E-state index in [-0.39, 0.29) is 12.2 Å². The first-order valence-electron chi connectivity index (χ1n) is 4.16. The fraction of sp³-hybridized carbons (Fsp3) is 0.333. The molecule has 2 N–H and O–H groups in total. The number of carbonyl (C=O) groups is 1. The minimum absolute atomic E-state index is 0.0405. The molecule has 0 aliphatic heterocycles. The SMILES string of the molecule is CN(CCO)c1ccc(C(=O)O)cn1. The molecule has 5 nitrogen and oxygen atoms in total. The summed E-state index contributed by atoms with van der Waals surface area (Å²) >= 11 is 0. The number of hydrogen-bond donors (Lipinski definition) is 2. The van der Waals surface area contributed by atoms with Crippen molar-refractivity contribution in [3.63, 3.8) is 0 Å². The number of rotatable bonds is 4. The van der Waals surface area contributed by atoms with Crippen molar-refractivity contribution < 1.29 is 15.0 Å². The highest BCUT2D eigenvalue weighted by atomic mass is 16.4. The first kappa shape index (κ1) is 10.5. The Morgan fingerprint density at radius 3 is 2.71 bits per heavy atom. The summed E-state index contributed by atoms with van der Waals surface area (Å²) < 4.78 is 0. The number of pyridine rings is 1. The molecule has 0 aliphatic carbocycles. The van der Waals surface area contributed by atoms with Crippen LogP contribution in [0.1, 0.15) is 10.4 Å². The van der Waals surface area contributed by atoms with E-state index < -0.39 is 5.97 Å². The van der Waals surface area contributed by atoms with Gasteiger partial charge in [0.25, 0.3) is 0 Å². The number of hydrogen-bond acceptors (Lipinski definition) is 4. The monoisotopic (exact) mass is 196 g/mol. The maximum absolute atomic E-state index is 10.5. The standard InChI is InChI=1S/C9H12N2O3/c1-11(4-5-12)8-3-2-7(6-10-8)9(13)14/h2-3,6,12H,4-5H2,1H3,(H,13,14). The summed E-state index contributed by atoms with van der Waals surface area (Å²) in [4.78, 5) is 16.2. The van der Waals surface area contributed by atoms with Gasteiger partial charge >= 0.3 is 5.97 Å². The number of nitrogens with zero attached hydrogens (tertiary/aromatic N) is 2. The van der Waals surface area contributed by atoms with Crippen LogP contribution in [0.15, 0.2) is 18.3 Å². The van der Waals surface area contributed by atoms with Crippen molar-refractivity contribution in [2.75, 3.05) is 25.1 Å². The molecule has 0 saturated heterocycles. The number of carboxylic acids is 1. The van der Waals surface area contributed by atoms with Gasteiger partial charge in [-0.25, -0.2) is 9.78 Å². The van der Waals surface area contributed by atoms with Crippen LogP contribution in [0.4, 0.5) is 5.82 Å². The average molecular weight is 196 g/mol. The van der Waals surface area contributed by atoms with Crippen molar-refractivity contribution in [1.29, 1.82) is 0 Å². The minimum Gasteiger partial charge on any atom is -0.478 e. The molecule has 1 aromatic heterocycles. The maximum Gasteiger partial charge on any atom is 0.337 e. The Hall–Kier alpha value is -1.62. The molecule has 5 heteroatoms. The lowest BCUT2D eigenvalue weighted by molar-refractivity contribution is 0.0696. The van der Waals surface area contributed by atoms with Crippen LogP contribution >= 0.6 is 0 Å². The molecule has 0 saturated carbocycles. The molecule has 0 spiro atoms. The zero-order valence-corrected chi connectivity index (χ0v) is 7.84. The second kappa shape index (κ2) is 4.57. The number of likely N-dealkylation sites (N-methyl/N-ethyl adjacent to an activating group) is 1. The number of aromatic nitrogens is 1. The van der Waals surface area contributed by atoms with Crippen LogP contribution in [0.25, 0.3) is 0 Å². The number of aliphatic hydroxyl groups excluding tert-OH is 1. The van der Waals surface area contributed by atoms with Gasteiger partial charge in [0.15, 0.2) is 0 Å². The second-order valence-corrected chi connectivity index (χ2v) is 2.86. The lowest BCUT2D eigenvalue weighted by Crippen LogP contribution is -2.22. The summed E-state index contributed by atoms with van der Waals surface area (Å²) in [6.45, 7) is 0.512. The van der Waals surface area contributed by atoms with Crippen LogP contribution in [0.3, 0.4) is 0 Å². The zero-order valence-electron chi connectivity index (χ0n) is 7.84. The molecule has 0 amide bonds. The summed E-state index contributed by atoms with van der Waals surface area (Å²) in [7, 11) is 1.78. The van der Waals surface area contributed by atoms with Crippen LogP contribution in [0.2, 0.25) is 0 Å². The molecule has 0 aromatic carbocycles. The number of aliphatic hydroxyl groups is 1. The molecule has 0 radical (unpaired) electrons. The molecule has 0 unspecified atom stereocenters. The molecule has 1 aromatic rings. The summed E-state index contributed by atoms with van der Waals surface area (Å²) in [5.41, 5.74) is 0.158. The Morgan fingerprint density at radius 1 is 1.57 bits per heavy atom. The van der Waals surface area contributed by atoms with E-state index in [0.717, 1.165) is 0 Å². The van der Waals surface area contributed by atoms with Crippen LogP contribution in [0.5, 0.6) is 0 Å². The molecular weight excluding hydrogens is 184 g/mol. The van der Waals surface area contributed by atoms with Gasteiger partial charge in [-0.1, -0.05) is 0 Å². The van der Waals surface area contributed by atoms with Crippen molar-refractivity contribution in [2.45, 2.75) is 0 Å². The number of aromatic carboxylic acids is 1. The Bertz CT molecular complexity index is 310. The van der Waals surface area contributed by atoms with Crippen LogP contribution < -0.4 is 4.90 Å². The van der Waals surface area contributed by atoms with Gasteiger partial charge in [0.2, 0.25) is 0 Å². The van der Waals surface area contributed by atoms with Crippen molar-refractivity contribution >= 4 is 11.8 Å². The third-order valence-corrected chi connectivity index (χ3v) is 1.82. The van der Waals surface area contributed by atoms with E-state index in [1.54, 1.807) is 18.0 Å². The smallest absolute Gasteiger partial charge is 0.337 e.